The van der Waals surface area contributed by atoms with Gasteiger partial charge in [0.25, 0.3) is 10.1 Å². The first-order valence-corrected chi connectivity index (χ1v) is 13.0. The van der Waals surface area contributed by atoms with E-state index in [1.165, 1.54) is 0 Å². The molecule has 0 bridgehead atoms. The molecule has 186 valence electrons. The van der Waals surface area contributed by atoms with Crippen LogP contribution in [0.25, 0.3) is 0 Å². The number of carbonyl (C=O) groups excluding carboxylic acids is 1. The van der Waals surface area contributed by atoms with Gasteiger partial charge in [0.1, 0.15) is 18.3 Å². The van der Waals surface area contributed by atoms with Gasteiger partial charge in [0.05, 0.1) is 32.7 Å². The highest BCUT2D eigenvalue weighted by molar-refractivity contribution is 7.86. The molecule has 3 atom stereocenters. The van der Waals surface area contributed by atoms with E-state index in [4.69, 9.17) is 18.4 Å². The van der Waals surface area contributed by atoms with Crippen molar-refractivity contribution in [3.05, 3.63) is 108 Å². The molecular formula is C27H30O7S. The van der Waals surface area contributed by atoms with Gasteiger partial charge in [-0.2, -0.15) is 8.42 Å². The van der Waals surface area contributed by atoms with Gasteiger partial charge in [0.15, 0.2) is 6.29 Å². The maximum absolute atomic E-state index is 12.1. The fraction of sp³-hybridized carbons (Fsp3) is 0.296. The van der Waals surface area contributed by atoms with Crippen molar-refractivity contribution in [1.29, 1.82) is 0 Å². The zero-order valence-electron chi connectivity index (χ0n) is 19.6. The van der Waals surface area contributed by atoms with Crippen LogP contribution in [0.1, 0.15) is 16.7 Å². The summed E-state index contributed by atoms with van der Waals surface area (Å²) in [4.78, 5) is 12.1. The zero-order valence-corrected chi connectivity index (χ0v) is 20.4. The molecule has 0 saturated heterocycles. The highest BCUT2D eigenvalue weighted by atomic mass is 32.2. The number of aldehydes is 1. The summed E-state index contributed by atoms with van der Waals surface area (Å²) < 4.78 is 47.2. The molecule has 0 spiro atoms. The summed E-state index contributed by atoms with van der Waals surface area (Å²) >= 11 is 0. The van der Waals surface area contributed by atoms with Crippen molar-refractivity contribution in [2.45, 2.75) is 38.1 Å². The molecule has 0 radical (unpaired) electrons. The smallest absolute Gasteiger partial charge is 0.264 e. The van der Waals surface area contributed by atoms with E-state index in [-0.39, 0.29) is 26.4 Å². The lowest BCUT2D eigenvalue weighted by Crippen LogP contribution is -2.46. The topological polar surface area (TPSA) is 88.1 Å². The van der Waals surface area contributed by atoms with Gasteiger partial charge in [0, 0.05) is 0 Å². The minimum Gasteiger partial charge on any atom is -0.374 e. The molecule has 0 fully saturated rings. The van der Waals surface area contributed by atoms with E-state index < -0.39 is 28.4 Å². The predicted octanol–water partition coefficient (Wildman–Crippen LogP) is 3.92. The maximum atomic E-state index is 12.1. The van der Waals surface area contributed by atoms with E-state index in [0.717, 1.165) is 22.9 Å². The van der Waals surface area contributed by atoms with Crippen molar-refractivity contribution in [3.63, 3.8) is 0 Å². The van der Waals surface area contributed by atoms with Gasteiger partial charge in [-0.05, 0) is 16.7 Å². The van der Waals surface area contributed by atoms with Crippen LogP contribution in [0.2, 0.25) is 0 Å². The Bertz CT molecular complexity index is 1110. The Hall–Kier alpha value is -2.88. The molecular weight excluding hydrogens is 468 g/mol. The van der Waals surface area contributed by atoms with Gasteiger partial charge in [-0.1, -0.05) is 91.0 Å². The molecule has 35 heavy (non-hydrogen) atoms. The second-order valence-corrected chi connectivity index (χ2v) is 9.60. The minimum absolute atomic E-state index is 0.125. The van der Waals surface area contributed by atoms with Crippen LogP contribution >= 0.6 is 0 Å². The quantitative estimate of drug-likeness (QED) is 0.232. The Morgan fingerprint density at radius 3 is 1.63 bits per heavy atom. The highest BCUT2D eigenvalue weighted by Gasteiger charge is 2.35. The van der Waals surface area contributed by atoms with Crippen LogP contribution in [-0.2, 0) is 53.1 Å². The van der Waals surface area contributed by atoms with Gasteiger partial charge in [-0.25, -0.2) is 0 Å². The van der Waals surface area contributed by atoms with Gasteiger partial charge in [-0.3, -0.25) is 4.18 Å². The molecule has 0 amide bonds. The third-order valence-electron chi connectivity index (χ3n) is 5.09. The Labute approximate surface area is 206 Å². The van der Waals surface area contributed by atoms with Gasteiger partial charge in [-0.15, -0.1) is 0 Å². The van der Waals surface area contributed by atoms with Crippen molar-refractivity contribution in [2.75, 3.05) is 12.9 Å². The average molecular weight is 499 g/mol. The molecule has 0 heterocycles. The lowest BCUT2D eigenvalue weighted by molar-refractivity contribution is -0.151. The van der Waals surface area contributed by atoms with Crippen molar-refractivity contribution in [3.8, 4) is 0 Å². The van der Waals surface area contributed by atoms with E-state index in [1.54, 1.807) is 0 Å². The van der Waals surface area contributed by atoms with Crippen LogP contribution in [0.15, 0.2) is 91.0 Å². The van der Waals surface area contributed by atoms with Crippen molar-refractivity contribution < 1.29 is 31.6 Å². The molecule has 3 aromatic carbocycles. The molecule has 0 unspecified atom stereocenters. The number of hydrogen-bond donors (Lipinski definition) is 0. The third-order valence-corrected chi connectivity index (χ3v) is 5.68. The van der Waals surface area contributed by atoms with Gasteiger partial charge >= 0.3 is 0 Å². The average Bonchev–Trinajstić information content (AvgIpc) is 2.86. The maximum Gasteiger partial charge on any atom is 0.264 e. The molecule has 0 aliphatic heterocycles. The fourth-order valence-corrected chi connectivity index (χ4v) is 4.04. The highest BCUT2D eigenvalue weighted by Crippen LogP contribution is 2.18. The zero-order chi connectivity index (χ0) is 24.9. The van der Waals surface area contributed by atoms with Gasteiger partial charge < -0.3 is 19.0 Å². The van der Waals surface area contributed by atoms with Crippen LogP contribution in [0.5, 0.6) is 0 Å². The molecule has 0 N–H and O–H groups in total. The normalized spacial score (nSPS) is 14.2. The van der Waals surface area contributed by atoms with Crippen LogP contribution in [0.3, 0.4) is 0 Å². The Kier molecular flexibility index (Phi) is 10.6. The number of benzene rings is 3. The summed E-state index contributed by atoms with van der Waals surface area (Å²) in [5.41, 5.74) is 2.63. The molecule has 0 aromatic heterocycles. The lowest BCUT2D eigenvalue weighted by Gasteiger charge is -2.30. The Balaban J connectivity index is 1.78. The van der Waals surface area contributed by atoms with Crippen molar-refractivity contribution >= 4 is 16.4 Å². The summed E-state index contributed by atoms with van der Waals surface area (Å²) in [6.07, 6.45) is -1.68. The number of hydrogen-bond acceptors (Lipinski definition) is 7. The van der Waals surface area contributed by atoms with Crippen molar-refractivity contribution in [1.82, 2.24) is 0 Å². The van der Waals surface area contributed by atoms with E-state index in [2.05, 4.69) is 0 Å². The first-order chi connectivity index (χ1) is 16.9. The standard InChI is InChI=1S/C27H30O7S/c1-35(29,30)34-26(21-31-18-22-11-5-2-6-12-22)27(33-20-24-15-9-4-10-16-24)25(17-28)32-19-23-13-7-3-8-14-23/h2-17,25-27H,18-21H2,1H3/t25-,26-,27+/m1/s1. The SMILES string of the molecule is CS(=O)(=O)O[C@H](COCc1ccccc1)[C@@H](OCc1ccccc1)[C@@H](C=O)OCc1ccccc1. The van der Waals surface area contributed by atoms with Crippen LogP contribution in [0.4, 0.5) is 0 Å². The number of ether oxygens (including phenoxy) is 3. The van der Waals surface area contributed by atoms with Crippen LogP contribution in [-0.4, -0.2) is 45.9 Å². The van der Waals surface area contributed by atoms with Crippen molar-refractivity contribution in [2.24, 2.45) is 0 Å². The Morgan fingerprint density at radius 2 is 1.17 bits per heavy atom. The first-order valence-electron chi connectivity index (χ1n) is 11.2. The summed E-state index contributed by atoms with van der Waals surface area (Å²) in [6, 6.07) is 28.2. The molecule has 0 aliphatic carbocycles. The molecule has 3 aromatic rings. The van der Waals surface area contributed by atoms with E-state index >= 15 is 0 Å². The fourth-order valence-electron chi connectivity index (χ4n) is 3.43. The third kappa shape index (κ3) is 9.71. The summed E-state index contributed by atoms with van der Waals surface area (Å²) in [6.45, 7) is 0.395. The molecule has 7 nitrogen and oxygen atoms in total. The van der Waals surface area contributed by atoms with E-state index in [0.29, 0.717) is 6.29 Å². The Morgan fingerprint density at radius 1 is 0.714 bits per heavy atom. The second kappa shape index (κ2) is 13.9. The number of rotatable bonds is 15. The van der Waals surface area contributed by atoms with Crippen LogP contribution < -0.4 is 0 Å². The summed E-state index contributed by atoms with van der Waals surface area (Å²) in [5, 5.41) is 0. The molecule has 0 aliphatic rings. The van der Waals surface area contributed by atoms with Gasteiger partial charge in [0.2, 0.25) is 0 Å². The summed E-state index contributed by atoms with van der Waals surface area (Å²) in [5.74, 6) is 0. The predicted molar refractivity (Wildman–Crippen MR) is 132 cm³/mol. The van der Waals surface area contributed by atoms with E-state index in [9.17, 15) is 13.2 Å². The number of carbonyl (C=O) groups is 1. The lowest BCUT2D eigenvalue weighted by atomic mass is 10.1. The monoisotopic (exact) mass is 498 g/mol. The second-order valence-electron chi connectivity index (χ2n) is 8.00. The molecule has 0 saturated carbocycles. The first kappa shape index (κ1) is 26.7. The minimum atomic E-state index is -3.89. The largest absolute Gasteiger partial charge is 0.374 e. The molecule has 3 rings (SSSR count). The summed E-state index contributed by atoms with van der Waals surface area (Å²) in [7, 11) is -3.89. The van der Waals surface area contributed by atoms with E-state index in [1.807, 2.05) is 91.0 Å². The van der Waals surface area contributed by atoms with Crippen LogP contribution in [0, 0.1) is 0 Å². The molecule has 8 heteroatoms.